The number of benzene rings is 2. The highest BCUT2D eigenvalue weighted by atomic mass is 16.6. The van der Waals surface area contributed by atoms with Gasteiger partial charge in [-0.1, -0.05) is 30.3 Å². The molecule has 7 heteroatoms. The number of hydrogen-bond acceptors (Lipinski definition) is 5. The third-order valence-corrected chi connectivity index (χ3v) is 4.17. The maximum Gasteiger partial charge on any atom is 0.287 e. The van der Waals surface area contributed by atoms with Gasteiger partial charge in [-0.15, -0.1) is 0 Å². The van der Waals surface area contributed by atoms with Crippen molar-refractivity contribution in [1.82, 2.24) is 4.98 Å². The summed E-state index contributed by atoms with van der Waals surface area (Å²) in [5, 5.41) is 10.8. The van der Waals surface area contributed by atoms with E-state index in [2.05, 4.69) is 4.98 Å². The number of carbonyl (C=O) groups is 2. The number of amides is 2. The van der Waals surface area contributed by atoms with E-state index in [-0.39, 0.29) is 5.69 Å². The Bertz CT molecular complexity index is 1030. The lowest BCUT2D eigenvalue weighted by molar-refractivity contribution is -0.385. The fourth-order valence-electron chi connectivity index (χ4n) is 2.95. The zero-order chi connectivity index (χ0) is 18.3. The molecular weight excluding hydrogens is 334 g/mol. The van der Waals surface area contributed by atoms with Crippen molar-refractivity contribution in [3.05, 3.63) is 88.1 Å². The molecule has 0 saturated heterocycles. The molecule has 4 rings (SSSR count). The van der Waals surface area contributed by atoms with Crippen molar-refractivity contribution in [3.63, 3.8) is 0 Å². The van der Waals surface area contributed by atoms with Crippen LogP contribution < -0.4 is 4.90 Å². The van der Waals surface area contributed by atoms with E-state index < -0.39 is 16.7 Å². The summed E-state index contributed by atoms with van der Waals surface area (Å²) in [4.78, 5) is 41.0. The molecule has 0 radical (unpaired) electrons. The minimum Gasteiger partial charge on any atom is -0.268 e. The Hall–Kier alpha value is -3.87. The molecule has 1 aliphatic heterocycles. The Morgan fingerprint density at radius 1 is 0.808 bits per heavy atom. The number of nitro groups is 1. The van der Waals surface area contributed by atoms with Gasteiger partial charge < -0.3 is 0 Å². The summed E-state index contributed by atoms with van der Waals surface area (Å²) in [6.45, 7) is 0. The number of pyridine rings is 1. The van der Waals surface area contributed by atoms with Crippen molar-refractivity contribution >= 4 is 23.2 Å². The van der Waals surface area contributed by atoms with Crippen LogP contribution in [0.25, 0.3) is 11.3 Å². The number of fused-ring (bicyclic) bond motifs is 1. The van der Waals surface area contributed by atoms with E-state index >= 15 is 0 Å². The molecule has 26 heavy (non-hydrogen) atoms. The highest BCUT2D eigenvalue weighted by Gasteiger charge is 2.37. The molecule has 0 bridgehead atoms. The van der Waals surface area contributed by atoms with Gasteiger partial charge in [-0.2, -0.15) is 0 Å². The van der Waals surface area contributed by atoms with Crippen LogP contribution in [-0.2, 0) is 0 Å². The Morgan fingerprint density at radius 3 is 1.92 bits per heavy atom. The Balaban J connectivity index is 1.81. The van der Waals surface area contributed by atoms with Gasteiger partial charge in [-0.05, 0) is 24.3 Å². The molecule has 0 N–H and O–H groups in total. The smallest absolute Gasteiger partial charge is 0.268 e. The van der Waals surface area contributed by atoms with Gasteiger partial charge in [0.05, 0.1) is 27.4 Å². The average Bonchev–Trinajstić information content (AvgIpc) is 2.93. The summed E-state index contributed by atoms with van der Waals surface area (Å²) in [6.07, 6.45) is 1.15. The highest BCUT2D eigenvalue weighted by Crippen LogP contribution is 2.35. The van der Waals surface area contributed by atoms with Gasteiger partial charge in [0.15, 0.2) is 0 Å². The Kier molecular flexibility index (Phi) is 3.54. The van der Waals surface area contributed by atoms with Crippen molar-refractivity contribution in [2.45, 2.75) is 0 Å². The summed E-state index contributed by atoms with van der Waals surface area (Å²) < 4.78 is 0. The van der Waals surface area contributed by atoms with Crippen molar-refractivity contribution < 1.29 is 14.5 Å². The summed E-state index contributed by atoms with van der Waals surface area (Å²) in [6, 6.07) is 16.3. The number of imide groups is 1. The van der Waals surface area contributed by atoms with E-state index in [9.17, 15) is 19.7 Å². The van der Waals surface area contributed by atoms with Crippen LogP contribution >= 0.6 is 0 Å². The van der Waals surface area contributed by atoms with E-state index in [4.69, 9.17) is 0 Å². The van der Waals surface area contributed by atoms with E-state index in [1.807, 2.05) is 0 Å². The largest absolute Gasteiger partial charge is 0.287 e. The first-order valence-electron chi connectivity index (χ1n) is 7.75. The molecule has 0 atom stereocenters. The molecule has 0 fully saturated rings. The maximum atomic E-state index is 12.7. The Labute approximate surface area is 147 Å². The zero-order valence-electron chi connectivity index (χ0n) is 13.3. The second-order valence-electron chi connectivity index (χ2n) is 5.67. The number of rotatable bonds is 3. The lowest BCUT2D eigenvalue weighted by Gasteiger charge is -2.17. The van der Waals surface area contributed by atoms with Crippen LogP contribution in [0.15, 0.2) is 66.9 Å². The fourth-order valence-corrected chi connectivity index (χ4v) is 2.95. The molecule has 3 aromatic rings. The predicted molar refractivity (Wildman–Crippen MR) is 93.9 cm³/mol. The molecule has 0 saturated carbocycles. The van der Waals surface area contributed by atoms with Gasteiger partial charge >= 0.3 is 0 Å². The van der Waals surface area contributed by atoms with E-state index in [1.165, 1.54) is 12.1 Å². The van der Waals surface area contributed by atoms with Gasteiger partial charge in [0, 0.05) is 11.6 Å². The zero-order valence-corrected chi connectivity index (χ0v) is 13.3. The van der Waals surface area contributed by atoms with Crippen LogP contribution in [0.4, 0.5) is 11.4 Å². The van der Waals surface area contributed by atoms with Gasteiger partial charge in [0.1, 0.15) is 6.20 Å². The summed E-state index contributed by atoms with van der Waals surface area (Å²) in [7, 11) is 0. The average molecular weight is 345 g/mol. The third kappa shape index (κ3) is 2.34. The number of nitrogens with zero attached hydrogens (tertiary/aromatic N) is 3. The van der Waals surface area contributed by atoms with Crippen LogP contribution in [0.1, 0.15) is 20.7 Å². The lowest BCUT2D eigenvalue weighted by atomic mass is 10.1. The van der Waals surface area contributed by atoms with Gasteiger partial charge in [0.25, 0.3) is 17.5 Å². The number of carbonyl (C=O) groups excluding carboxylic acids is 2. The molecular formula is C19H11N3O4. The molecule has 0 spiro atoms. The number of para-hydroxylation sites is 1. The monoisotopic (exact) mass is 345 g/mol. The highest BCUT2D eigenvalue weighted by molar-refractivity contribution is 6.35. The van der Waals surface area contributed by atoms with Gasteiger partial charge in [0.2, 0.25) is 0 Å². The van der Waals surface area contributed by atoms with Crippen molar-refractivity contribution in [2.24, 2.45) is 0 Å². The minimum absolute atomic E-state index is 0.132. The number of aromatic nitrogens is 1. The van der Waals surface area contributed by atoms with Gasteiger partial charge in [-0.25, -0.2) is 9.88 Å². The van der Waals surface area contributed by atoms with E-state index in [0.29, 0.717) is 28.1 Å². The topological polar surface area (TPSA) is 93.4 Å². The Morgan fingerprint density at radius 2 is 1.38 bits per heavy atom. The lowest BCUT2D eigenvalue weighted by Crippen LogP contribution is -2.29. The molecule has 2 aromatic carbocycles. The van der Waals surface area contributed by atoms with Gasteiger partial charge in [-0.3, -0.25) is 19.7 Å². The molecule has 0 aliphatic carbocycles. The van der Waals surface area contributed by atoms with Crippen LogP contribution in [0.3, 0.4) is 0 Å². The fraction of sp³-hybridized carbons (Fsp3) is 0. The van der Waals surface area contributed by atoms with Crippen molar-refractivity contribution in [1.29, 1.82) is 0 Å². The first kappa shape index (κ1) is 15.6. The normalized spacial score (nSPS) is 13.0. The van der Waals surface area contributed by atoms with Crippen molar-refractivity contribution in [3.8, 4) is 11.3 Å². The molecule has 2 amide bonds. The van der Waals surface area contributed by atoms with Crippen LogP contribution in [0.2, 0.25) is 0 Å². The molecule has 126 valence electrons. The molecule has 2 heterocycles. The molecule has 0 unspecified atom stereocenters. The molecule has 7 nitrogen and oxygen atoms in total. The minimum atomic E-state index is -0.535. The third-order valence-electron chi connectivity index (χ3n) is 4.17. The summed E-state index contributed by atoms with van der Waals surface area (Å²) >= 11 is 0. The summed E-state index contributed by atoms with van der Waals surface area (Å²) in [5.41, 5.74) is 1.93. The molecule has 1 aromatic heterocycles. The van der Waals surface area contributed by atoms with Crippen LogP contribution in [0.5, 0.6) is 0 Å². The SMILES string of the molecule is O=C1c2ccccc2C(=O)N1c1ccccc1-c1ccc([N+](=O)[O-])cn1. The van der Waals surface area contributed by atoms with E-state index in [0.717, 1.165) is 11.1 Å². The van der Waals surface area contributed by atoms with E-state index in [1.54, 1.807) is 48.5 Å². The van der Waals surface area contributed by atoms with Crippen LogP contribution in [-0.4, -0.2) is 21.7 Å². The maximum absolute atomic E-state index is 12.7. The van der Waals surface area contributed by atoms with Crippen molar-refractivity contribution in [2.75, 3.05) is 4.90 Å². The quantitative estimate of drug-likeness (QED) is 0.412. The number of anilines is 1. The standard InChI is InChI=1S/C19H11N3O4/c23-18-13-5-1-2-6-14(13)19(24)21(18)17-8-4-3-7-15(17)16-10-9-12(11-20-16)22(25)26/h1-11H. The summed E-state index contributed by atoms with van der Waals surface area (Å²) in [5.74, 6) is -0.806. The second-order valence-corrected chi connectivity index (χ2v) is 5.67. The first-order valence-corrected chi connectivity index (χ1v) is 7.75. The predicted octanol–water partition coefficient (Wildman–Crippen LogP) is 3.46. The second kappa shape index (κ2) is 5.89. The molecule has 1 aliphatic rings. The number of hydrogen-bond donors (Lipinski definition) is 0. The first-order chi connectivity index (χ1) is 12.6. The van der Waals surface area contributed by atoms with Crippen LogP contribution in [0, 0.1) is 10.1 Å².